The lowest BCUT2D eigenvalue weighted by molar-refractivity contribution is 0.179. The first-order chi connectivity index (χ1) is 7.16. The maximum atomic E-state index is 9.91. The van der Waals surface area contributed by atoms with Gasteiger partial charge in [-0.25, -0.2) is 0 Å². The van der Waals surface area contributed by atoms with E-state index in [1.165, 1.54) is 11.3 Å². The Morgan fingerprint density at radius 1 is 1.47 bits per heavy atom. The Labute approximate surface area is 101 Å². The molecule has 0 bridgehead atoms. The minimum absolute atomic E-state index is 0.475. The smallest absolute Gasteiger partial charge is 0.100 e. The van der Waals surface area contributed by atoms with Crippen molar-refractivity contribution in [2.75, 3.05) is 0 Å². The highest BCUT2D eigenvalue weighted by molar-refractivity contribution is 7.20. The van der Waals surface area contributed by atoms with Crippen molar-refractivity contribution in [3.8, 4) is 0 Å². The number of furan rings is 1. The van der Waals surface area contributed by atoms with Gasteiger partial charge in [0.2, 0.25) is 0 Å². The van der Waals surface area contributed by atoms with Gasteiger partial charge in [-0.15, -0.1) is 11.3 Å². The van der Waals surface area contributed by atoms with Gasteiger partial charge in [0.15, 0.2) is 0 Å². The molecule has 0 aliphatic rings. The van der Waals surface area contributed by atoms with Crippen LogP contribution >= 0.6 is 34.5 Å². The first-order valence-corrected chi connectivity index (χ1v) is 5.88. The van der Waals surface area contributed by atoms with Gasteiger partial charge in [-0.2, -0.15) is 0 Å². The molecule has 0 saturated heterocycles. The average molecular weight is 263 g/mol. The van der Waals surface area contributed by atoms with Gasteiger partial charge in [0.25, 0.3) is 0 Å². The molecule has 15 heavy (non-hydrogen) atoms. The van der Waals surface area contributed by atoms with Crippen LogP contribution in [0.5, 0.6) is 0 Å². The summed E-state index contributed by atoms with van der Waals surface area (Å²) in [6.45, 7) is 0. The Morgan fingerprint density at radius 3 is 2.80 bits per heavy atom. The second kappa shape index (κ2) is 4.58. The number of hydrogen-bond acceptors (Lipinski definition) is 3. The standard InChI is InChI=1S/C10H8Cl2O2S/c11-9-4-7(10(12)15-9)8(13)3-6-1-2-14-5-6/h1-2,4-5,8,13H,3H2. The normalized spacial score (nSPS) is 13.0. The lowest BCUT2D eigenvalue weighted by Crippen LogP contribution is -1.99. The van der Waals surface area contributed by atoms with E-state index < -0.39 is 6.10 Å². The molecule has 1 atom stereocenters. The second-order valence-electron chi connectivity index (χ2n) is 3.13. The molecule has 2 aromatic heterocycles. The molecular weight excluding hydrogens is 255 g/mol. The third-order valence-electron chi connectivity index (χ3n) is 2.05. The molecule has 80 valence electrons. The minimum Gasteiger partial charge on any atom is -0.472 e. The van der Waals surface area contributed by atoms with Gasteiger partial charge < -0.3 is 9.52 Å². The zero-order valence-electron chi connectivity index (χ0n) is 7.61. The SMILES string of the molecule is OC(Cc1ccoc1)c1cc(Cl)sc1Cl. The van der Waals surface area contributed by atoms with Crippen LogP contribution in [0.15, 0.2) is 29.1 Å². The Kier molecular flexibility index (Phi) is 3.36. The van der Waals surface area contributed by atoms with Crippen LogP contribution in [0.25, 0.3) is 0 Å². The predicted molar refractivity (Wildman–Crippen MR) is 61.7 cm³/mol. The van der Waals surface area contributed by atoms with Gasteiger partial charge in [-0.3, -0.25) is 0 Å². The monoisotopic (exact) mass is 262 g/mol. The third kappa shape index (κ3) is 2.55. The summed E-state index contributed by atoms with van der Waals surface area (Å²) in [6, 6.07) is 3.50. The van der Waals surface area contributed by atoms with Crippen molar-refractivity contribution in [2.24, 2.45) is 0 Å². The molecular formula is C10H8Cl2O2S. The van der Waals surface area contributed by atoms with E-state index in [9.17, 15) is 5.11 Å². The number of rotatable bonds is 3. The van der Waals surface area contributed by atoms with Crippen molar-refractivity contribution < 1.29 is 9.52 Å². The Hall–Kier alpha value is -0.480. The molecule has 2 aromatic rings. The lowest BCUT2D eigenvalue weighted by atomic mass is 10.1. The minimum atomic E-state index is -0.640. The molecule has 2 rings (SSSR count). The summed E-state index contributed by atoms with van der Waals surface area (Å²) in [6.07, 6.45) is 3.01. The van der Waals surface area contributed by atoms with Gasteiger partial charge in [0.1, 0.15) is 4.34 Å². The topological polar surface area (TPSA) is 33.4 Å². The summed E-state index contributed by atoms with van der Waals surface area (Å²) >= 11 is 13.0. The van der Waals surface area contributed by atoms with Gasteiger partial charge >= 0.3 is 0 Å². The zero-order chi connectivity index (χ0) is 10.8. The van der Waals surface area contributed by atoms with E-state index >= 15 is 0 Å². The third-order valence-corrected chi connectivity index (χ3v) is 3.57. The van der Waals surface area contributed by atoms with E-state index in [1.807, 2.05) is 6.07 Å². The number of thiophene rings is 1. The van der Waals surface area contributed by atoms with Crippen LogP contribution in [0.2, 0.25) is 8.67 Å². The molecule has 0 aliphatic heterocycles. The molecule has 0 radical (unpaired) electrons. The van der Waals surface area contributed by atoms with Crippen molar-refractivity contribution in [3.05, 3.63) is 44.5 Å². The number of halogens is 2. The van der Waals surface area contributed by atoms with Crippen LogP contribution in [-0.2, 0) is 6.42 Å². The molecule has 0 amide bonds. The van der Waals surface area contributed by atoms with Crippen LogP contribution in [0.3, 0.4) is 0 Å². The molecule has 1 N–H and O–H groups in total. The van der Waals surface area contributed by atoms with Crippen molar-refractivity contribution >= 4 is 34.5 Å². The molecule has 0 aliphatic carbocycles. The van der Waals surface area contributed by atoms with Crippen LogP contribution in [0, 0.1) is 0 Å². The molecule has 5 heteroatoms. The Bertz CT molecular complexity index is 436. The largest absolute Gasteiger partial charge is 0.472 e. The zero-order valence-corrected chi connectivity index (χ0v) is 9.94. The summed E-state index contributed by atoms with van der Waals surface area (Å²) in [5.74, 6) is 0. The first kappa shape index (κ1) is 11.0. The molecule has 1 unspecified atom stereocenters. The van der Waals surface area contributed by atoms with Crippen molar-refractivity contribution in [1.82, 2.24) is 0 Å². The number of aliphatic hydroxyl groups excluding tert-OH is 1. The van der Waals surface area contributed by atoms with E-state index in [0.717, 1.165) is 5.56 Å². The van der Waals surface area contributed by atoms with Crippen molar-refractivity contribution in [1.29, 1.82) is 0 Å². The van der Waals surface area contributed by atoms with Gasteiger partial charge in [-0.1, -0.05) is 23.2 Å². The maximum Gasteiger partial charge on any atom is 0.100 e. The average Bonchev–Trinajstić information content (AvgIpc) is 2.75. The van der Waals surface area contributed by atoms with Gasteiger partial charge in [0.05, 0.1) is 23.0 Å². The maximum absolute atomic E-state index is 9.91. The van der Waals surface area contributed by atoms with Crippen LogP contribution in [-0.4, -0.2) is 5.11 Å². The number of hydrogen-bond donors (Lipinski definition) is 1. The van der Waals surface area contributed by atoms with Crippen LogP contribution in [0.1, 0.15) is 17.2 Å². The fraction of sp³-hybridized carbons (Fsp3) is 0.200. The summed E-state index contributed by atoms with van der Waals surface area (Å²) in [5.41, 5.74) is 1.61. The molecule has 2 nitrogen and oxygen atoms in total. The highest BCUT2D eigenvalue weighted by Gasteiger charge is 2.15. The number of aliphatic hydroxyl groups is 1. The van der Waals surface area contributed by atoms with Gasteiger partial charge in [-0.05, 0) is 17.7 Å². The summed E-state index contributed by atoms with van der Waals surface area (Å²) in [4.78, 5) is 0. The highest BCUT2D eigenvalue weighted by atomic mass is 35.5. The van der Waals surface area contributed by atoms with E-state index in [0.29, 0.717) is 20.7 Å². The Morgan fingerprint density at radius 2 is 2.27 bits per heavy atom. The van der Waals surface area contributed by atoms with E-state index in [4.69, 9.17) is 27.6 Å². The Balaban J connectivity index is 2.14. The lowest BCUT2D eigenvalue weighted by Gasteiger charge is -2.07. The fourth-order valence-electron chi connectivity index (χ4n) is 1.32. The fourth-order valence-corrected chi connectivity index (χ4v) is 2.89. The van der Waals surface area contributed by atoms with E-state index in [-0.39, 0.29) is 0 Å². The molecule has 2 heterocycles. The molecule has 0 saturated carbocycles. The summed E-state index contributed by atoms with van der Waals surface area (Å²) < 4.78 is 6.04. The van der Waals surface area contributed by atoms with E-state index in [1.54, 1.807) is 18.6 Å². The quantitative estimate of drug-likeness (QED) is 0.910. The first-order valence-electron chi connectivity index (χ1n) is 4.30. The van der Waals surface area contributed by atoms with Crippen LogP contribution in [0.4, 0.5) is 0 Å². The van der Waals surface area contributed by atoms with E-state index in [2.05, 4.69) is 0 Å². The van der Waals surface area contributed by atoms with Crippen molar-refractivity contribution in [2.45, 2.75) is 12.5 Å². The van der Waals surface area contributed by atoms with Crippen molar-refractivity contribution in [3.63, 3.8) is 0 Å². The summed E-state index contributed by atoms with van der Waals surface area (Å²) in [7, 11) is 0. The van der Waals surface area contributed by atoms with Crippen LogP contribution < -0.4 is 0 Å². The molecule has 0 spiro atoms. The predicted octanol–water partition coefficient (Wildman–Crippen LogP) is 3.92. The highest BCUT2D eigenvalue weighted by Crippen LogP contribution is 2.36. The molecule has 0 aromatic carbocycles. The second-order valence-corrected chi connectivity index (χ2v) is 5.42. The molecule has 0 fully saturated rings. The van der Waals surface area contributed by atoms with Gasteiger partial charge in [0, 0.05) is 12.0 Å². The summed E-state index contributed by atoms with van der Waals surface area (Å²) in [5, 5.41) is 9.91.